The Labute approximate surface area is 165 Å². The summed E-state index contributed by atoms with van der Waals surface area (Å²) in [5.74, 6) is 0.00236. The minimum atomic E-state index is 0.00236. The number of carbonyl (C=O) groups is 1. The highest BCUT2D eigenvalue weighted by molar-refractivity contribution is 6.26. The molecule has 0 spiro atoms. The first-order valence-electron chi connectivity index (χ1n) is 10.0. The molecule has 0 aliphatic rings. The molecule has 0 radical (unpaired) electrons. The van der Waals surface area contributed by atoms with E-state index >= 15 is 0 Å². The zero-order valence-electron chi connectivity index (χ0n) is 16.4. The van der Waals surface area contributed by atoms with Crippen molar-refractivity contribution in [1.29, 1.82) is 0 Å². The van der Waals surface area contributed by atoms with Crippen LogP contribution in [0.5, 0.6) is 0 Å². The van der Waals surface area contributed by atoms with Crippen molar-refractivity contribution in [2.45, 2.75) is 12.8 Å². The monoisotopic (exact) mass is 373 g/mol. The zero-order valence-corrected chi connectivity index (χ0v) is 16.4. The van der Waals surface area contributed by atoms with Crippen molar-refractivity contribution in [3.8, 4) is 0 Å². The van der Waals surface area contributed by atoms with Crippen molar-refractivity contribution in [2.24, 2.45) is 5.73 Å². The molecule has 0 heterocycles. The van der Waals surface area contributed by atoms with Gasteiger partial charge in [0.05, 0.1) is 0 Å². The number of rotatable bonds is 8. The molecule has 1 amide bonds. The van der Waals surface area contributed by atoms with Gasteiger partial charge in [-0.1, -0.05) is 48.5 Å². The lowest BCUT2D eigenvalue weighted by atomic mass is 9.92. The number of hydrogen-bond acceptors (Lipinski definition) is 3. The Morgan fingerprint density at radius 1 is 0.893 bits per heavy atom. The smallest absolute Gasteiger partial charge is 0.251 e. The maximum Gasteiger partial charge on any atom is 0.251 e. The highest BCUT2D eigenvalue weighted by Crippen LogP contribution is 2.35. The Kier molecular flexibility index (Phi) is 5.42. The van der Waals surface area contributed by atoms with Gasteiger partial charge < -0.3 is 16.0 Å². The fourth-order valence-electron chi connectivity index (χ4n) is 4.05. The van der Waals surface area contributed by atoms with Gasteiger partial charge in [-0.3, -0.25) is 4.79 Å². The molecule has 0 fully saturated rings. The molecule has 144 valence electrons. The summed E-state index contributed by atoms with van der Waals surface area (Å²) in [4.78, 5) is 15.1. The van der Waals surface area contributed by atoms with Gasteiger partial charge in [0.1, 0.15) is 0 Å². The molecule has 0 aliphatic carbocycles. The van der Waals surface area contributed by atoms with Crippen LogP contribution < -0.4 is 11.1 Å². The van der Waals surface area contributed by atoms with E-state index in [1.54, 1.807) is 0 Å². The van der Waals surface area contributed by atoms with Crippen LogP contribution in [0.2, 0.25) is 0 Å². The number of nitrogens with zero attached hydrogens (tertiary/aromatic N) is 1. The molecule has 4 rings (SSSR count). The topological polar surface area (TPSA) is 58.4 Å². The highest BCUT2D eigenvalue weighted by atomic mass is 16.1. The van der Waals surface area contributed by atoms with Crippen molar-refractivity contribution in [2.75, 3.05) is 33.2 Å². The van der Waals surface area contributed by atoms with Crippen molar-refractivity contribution in [3.63, 3.8) is 0 Å². The van der Waals surface area contributed by atoms with E-state index in [2.05, 4.69) is 65.8 Å². The Morgan fingerprint density at radius 2 is 1.54 bits per heavy atom. The molecule has 4 heteroatoms. The van der Waals surface area contributed by atoms with Crippen LogP contribution in [0.1, 0.15) is 23.2 Å². The largest absolute Gasteiger partial charge is 0.352 e. The van der Waals surface area contributed by atoms with Crippen LogP contribution in [0.15, 0.2) is 54.6 Å². The fraction of sp³-hybridized carbons (Fsp3) is 0.292. The molecular formula is C24H27N3O. The number of hydrogen-bond donors (Lipinski definition) is 2. The summed E-state index contributed by atoms with van der Waals surface area (Å²) in [5, 5.41) is 10.2. The minimum Gasteiger partial charge on any atom is -0.352 e. The summed E-state index contributed by atoms with van der Waals surface area (Å²) in [6.45, 7) is 3.35. The van der Waals surface area contributed by atoms with Gasteiger partial charge in [-0.15, -0.1) is 0 Å². The van der Waals surface area contributed by atoms with Crippen LogP contribution in [-0.4, -0.2) is 44.0 Å². The Morgan fingerprint density at radius 3 is 2.29 bits per heavy atom. The van der Waals surface area contributed by atoms with Gasteiger partial charge in [0, 0.05) is 12.1 Å². The predicted octanol–water partition coefficient (Wildman–Crippen LogP) is 3.98. The fourth-order valence-corrected chi connectivity index (χ4v) is 4.05. The number of nitrogens with one attached hydrogen (secondary N) is 1. The summed E-state index contributed by atoms with van der Waals surface area (Å²) < 4.78 is 0. The molecule has 4 aromatic rings. The molecule has 28 heavy (non-hydrogen) atoms. The molecule has 0 aliphatic heterocycles. The van der Waals surface area contributed by atoms with E-state index in [9.17, 15) is 4.79 Å². The molecule has 4 nitrogen and oxygen atoms in total. The molecule has 0 bridgehead atoms. The molecule has 0 saturated heterocycles. The lowest BCUT2D eigenvalue weighted by molar-refractivity contribution is 0.0953. The Bertz CT molecular complexity index is 1090. The van der Waals surface area contributed by atoms with Gasteiger partial charge in [-0.2, -0.15) is 0 Å². The van der Waals surface area contributed by atoms with Crippen LogP contribution >= 0.6 is 0 Å². The molecule has 0 aromatic heterocycles. The first-order valence-corrected chi connectivity index (χ1v) is 10.0. The van der Waals surface area contributed by atoms with Crippen molar-refractivity contribution < 1.29 is 4.79 Å². The third-order valence-electron chi connectivity index (χ3n) is 5.52. The second-order valence-corrected chi connectivity index (χ2v) is 7.52. The highest BCUT2D eigenvalue weighted by Gasteiger charge is 2.14. The Hall–Kier alpha value is -2.69. The normalized spacial score (nSPS) is 11.8. The molecule has 0 atom stereocenters. The standard InChI is InChI=1S/C24H27N3O/c1-27(15-3-13-25)16-4-14-26-24(28)21-12-10-19-8-7-17-5-2-6-18-9-11-20(21)23(19)22(17)18/h2,5-12H,3-4,13-16,25H2,1H3,(H,26,28). The predicted molar refractivity (Wildman–Crippen MR) is 118 cm³/mol. The van der Waals surface area contributed by atoms with Crippen LogP contribution in [0.4, 0.5) is 0 Å². The molecule has 0 unspecified atom stereocenters. The third-order valence-corrected chi connectivity index (χ3v) is 5.52. The number of nitrogens with two attached hydrogens (primary N) is 1. The summed E-state index contributed by atoms with van der Waals surface area (Å²) >= 11 is 0. The van der Waals surface area contributed by atoms with E-state index in [0.717, 1.165) is 43.4 Å². The molecule has 3 N–H and O–H groups in total. The summed E-state index contributed by atoms with van der Waals surface area (Å²) in [7, 11) is 2.10. The maximum absolute atomic E-state index is 12.9. The minimum absolute atomic E-state index is 0.00236. The van der Waals surface area contributed by atoms with Gasteiger partial charge >= 0.3 is 0 Å². The van der Waals surface area contributed by atoms with Crippen molar-refractivity contribution in [1.82, 2.24) is 10.2 Å². The van der Waals surface area contributed by atoms with E-state index in [0.29, 0.717) is 6.54 Å². The van der Waals surface area contributed by atoms with Crippen LogP contribution in [0.3, 0.4) is 0 Å². The van der Waals surface area contributed by atoms with Crippen LogP contribution in [-0.2, 0) is 0 Å². The lowest BCUT2D eigenvalue weighted by Crippen LogP contribution is -2.29. The quantitative estimate of drug-likeness (QED) is 0.363. The third kappa shape index (κ3) is 3.53. The number of carbonyl (C=O) groups excluding carboxylic acids is 1. The SMILES string of the molecule is CN(CCCN)CCCNC(=O)c1ccc2ccc3cccc4ccc1c2c34. The number of benzene rings is 4. The first-order chi connectivity index (χ1) is 13.7. The van der Waals surface area contributed by atoms with Gasteiger partial charge in [-0.05, 0) is 77.9 Å². The second-order valence-electron chi connectivity index (χ2n) is 7.52. The van der Waals surface area contributed by atoms with Crippen molar-refractivity contribution >= 4 is 38.2 Å². The Balaban J connectivity index is 1.54. The van der Waals surface area contributed by atoms with Crippen LogP contribution in [0.25, 0.3) is 32.3 Å². The average Bonchev–Trinajstić information content (AvgIpc) is 2.73. The van der Waals surface area contributed by atoms with Crippen molar-refractivity contribution in [3.05, 3.63) is 60.2 Å². The van der Waals surface area contributed by atoms with Gasteiger partial charge in [0.2, 0.25) is 0 Å². The van der Waals surface area contributed by atoms with E-state index < -0.39 is 0 Å². The van der Waals surface area contributed by atoms with Gasteiger partial charge in [-0.25, -0.2) is 0 Å². The molecular weight excluding hydrogens is 346 g/mol. The maximum atomic E-state index is 12.9. The second kappa shape index (κ2) is 8.13. The van der Waals surface area contributed by atoms with Gasteiger partial charge in [0.15, 0.2) is 0 Å². The molecule has 0 saturated carbocycles. The summed E-state index contributed by atoms with van der Waals surface area (Å²) in [6.07, 6.45) is 1.93. The molecule has 4 aromatic carbocycles. The van der Waals surface area contributed by atoms with Crippen LogP contribution in [0, 0.1) is 0 Å². The van der Waals surface area contributed by atoms with Gasteiger partial charge in [0.25, 0.3) is 5.91 Å². The average molecular weight is 374 g/mol. The summed E-state index contributed by atoms with van der Waals surface area (Å²) in [5.41, 5.74) is 6.30. The zero-order chi connectivity index (χ0) is 19.5. The lowest BCUT2D eigenvalue weighted by Gasteiger charge is -2.16. The van der Waals surface area contributed by atoms with E-state index in [-0.39, 0.29) is 5.91 Å². The summed E-state index contributed by atoms with van der Waals surface area (Å²) in [6, 6.07) is 18.9. The van der Waals surface area contributed by atoms with E-state index in [1.165, 1.54) is 26.9 Å². The van der Waals surface area contributed by atoms with E-state index in [4.69, 9.17) is 5.73 Å². The number of amides is 1. The van der Waals surface area contributed by atoms with E-state index in [1.807, 2.05) is 6.07 Å². The first kappa shape index (κ1) is 18.7.